The highest BCUT2D eigenvalue weighted by molar-refractivity contribution is 6.31. The van der Waals surface area contributed by atoms with Gasteiger partial charge in [0.2, 0.25) is 0 Å². The Morgan fingerprint density at radius 1 is 1.06 bits per heavy atom. The quantitative estimate of drug-likeness (QED) is 0.401. The highest BCUT2D eigenvalue weighted by Gasteiger charge is 2.17. The number of aryl methyl sites for hydroxylation is 1. The monoisotopic (exact) mass is 487 g/mol. The van der Waals surface area contributed by atoms with Crippen LogP contribution in [-0.4, -0.2) is 55.2 Å². The number of aliphatic hydroxyl groups excluding tert-OH is 1. The molecule has 0 aliphatic rings. The van der Waals surface area contributed by atoms with Crippen molar-refractivity contribution >= 4 is 11.6 Å². The van der Waals surface area contributed by atoms with Crippen molar-refractivity contribution in [1.82, 2.24) is 14.9 Å². The molecule has 1 aromatic heterocycles. The summed E-state index contributed by atoms with van der Waals surface area (Å²) in [6.45, 7) is 2.68. The molecule has 3 aromatic rings. The molecule has 0 aliphatic carbocycles. The van der Waals surface area contributed by atoms with Crippen molar-refractivity contribution in [3.8, 4) is 28.6 Å². The molecule has 0 radical (unpaired) electrons. The third-order valence-corrected chi connectivity index (χ3v) is 5.87. The first-order valence-electron chi connectivity index (χ1n) is 10.9. The summed E-state index contributed by atoms with van der Waals surface area (Å²) in [6, 6.07) is 13.0. The predicted octanol–water partition coefficient (Wildman–Crippen LogP) is 3.09. The van der Waals surface area contributed by atoms with E-state index < -0.39 is 6.10 Å². The minimum absolute atomic E-state index is 0.0471. The van der Waals surface area contributed by atoms with E-state index in [4.69, 9.17) is 25.8 Å². The molecule has 1 atom stereocenters. The summed E-state index contributed by atoms with van der Waals surface area (Å²) in [6.07, 6.45) is -0.0807. The van der Waals surface area contributed by atoms with E-state index in [1.807, 2.05) is 30.3 Å². The molecule has 0 bridgehead atoms. The summed E-state index contributed by atoms with van der Waals surface area (Å²) >= 11 is 6.18. The second kappa shape index (κ2) is 11.9. The molecule has 2 aromatic carbocycles. The molecular formula is C25H30ClN3O5. The number of hydrogen-bond donors (Lipinski definition) is 2. The number of nitrogens with zero attached hydrogens (tertiary/aromatic N) is 2. The third kappa shape index (κ3) is 6.08. The molecule has 9 heteroatoms. The van der Waals surface area contributed by atoms with Gasteiger partial charge in [-0.25, -0.2) is 4.98 Å². The zero-order chi connectivity index (χ0) is 24.7. The summed E-state index contributed by atoms with van der Waals surface area (Å²) in [4.78, 5) is 17.4. The standard InChI is InChI=1S/C25H30ClN3O5/c1-16-23(26)25(31)29(24(28-16)18-6-8-20(32-2)9-7-18)15-19(30)14-27-12-11-17-5-10-21(33-3)22(13-17)34-4/h5-10,13,19,27,30H,11-12,14-15H2,1-4H3/t19-/m0/s1. The van der Waals surface area contributed by atoms with Gasteiger partial charge in [-0.3, -0.25) is 9.36 Å². The van der Waals surface area contributed by atoms with Crippen LogP contribution in [0.5, 0.6) is 17.2 Å². The summed E-state index contributed by atoms with van der Waals surface area (Å²) in [5.74, 6) is 2.49. The zero-order valence-corrected chi connectivity index (χ0v) is 20.6. The van der Waals surface area contributed by atoms with Gasteiger partial charge in [0.05, 0.1) is 39.7 Å². The summed E-state index contributed by atoms with van der Waals surface area (Å²) in [7, 11) is 4.79. The fraction of sp³-hybridized carbons (Fsp3) is 0.360. The topological polar surface area (TPSA) is 94.8 Å². The summed E-state index contributed by atoms with van der Waals surface area (Å²) in [5.41, 5.74) is 1.86. The van der Waals surface area contributed by atoms with Gasteiger partial charge in [-0.15, -0.1) is 0 Å². The van der Waals surface area contributed by atoms with Crippen LogP contribution in [0, 0.1) is 6.92 Å². The SMILES string of the molecule is COc1ccc(-c2nc(C)c(Cl)c(=O)n2C[C@@H](O)CNCCc2ccc(OC)c(OC)c2)cc1. The highest BCUT2D eigenvalue weighted by Crippen LogP contribution is 2.27. The number of benzene rings is 2. The maximum Gasteiger partial charge on any atom is 0.272 e. The normalized spacial score (nSPS) is 11.8. The van der Waals surface area contributed by atoms with Gasteiger partial charge in [-0.2, -0.15) is 0 Å². The smallest absolute Gasteiger partial charge is 0.272 e. The zero-order valence-electron chi connectivity index (χ0n) is 19.8. The van der Waals surface area contributed by atoms with E-state index in [2.05, 4.69) is 10.3 Å². The number of nitrogens with one attached hydrogen (secondary N) is 1. The number of aromatic nitrogens is 2. The number of hydrogen-bond acceptors (Lipinski definition) is 7. The highest BCUT2D eigenvalue weighted by atomic mass is 35.5. The minimum Gasteiger partial charge on any atom is -0.497 e. The molecule has 0 aliphatic heterocycles. The van der Waals surface area contributed by atoms with E-state index in [-0.39, 0.29) is 17.1 Å². The Hall–Kier alpha value is -3.07. The van der Waals surface area contributed by atoms with Crippen LogP contribution < -0.4 is 25.1 Å². The van der Waals surface area contributed by atoms with Crippen LogP contribution in [0.3, 0.4) is 0 Å². The number of rotatable bonds is 11. The van der Waals surface area contributed by atoms with Crippen molar-refractivity contribution in [3.05, 3.63) is 69.1 Å². The second-order valence-electron chi connectivity index (χ2n) is 7.78. The Bertz CT molecular complexity index is 1160. The van der Waals surface area contributed by atoms with Crippen LogP contribution >= 0.6 is 11.6 Å². The van der Waals surface area contributed by atoms with Gasteiger partial charge in [0.15, 0.2) is 11.5 Å². The van der Waals surface area contributed by atoms with Crippen LogP contribution in [0.15, 0.2) is 47.3 Å². The number of ether oxygens (including phenoxy) is 3. The second-order valence-corrected chi connectivity index (χ2v) is 8.15. The lowest BCUT2D eigenvalue weighted by molar-refractivity contribution is 0.150. The molecule has 3 rings (SSSR count). The fourth-order valence-electron chi connectivity index (χ4n) is 3.58. The van der Waals surface area contributed by atoms with Gasteiger partial charge in [-0.05, 0) is 61.9 Å². The first kappa shape index (κ1) is 25.6. The first-order chi connectivity index (χ1) is 16.4. The van der Waals surface area contributed by atoms with Crippen molar-refractivity contribution < 1.29 is 19.3 Å². The predicted molar refractivity (Wildman–Crippen MR) is 132 cm³/mol. The first-order valence-corrected chi connectivity index (χ1v) is 11.3. The molecular weight excluding hydrogens is 458 g/mol. The molecule has 0 saturated carbocycles. The lowest BCUT2D eigenvalue weighted by Gasteiger charge is -2.18. The Kier molecular flexibility index (Phi) is 8.92. The van der Waals surface area contributed by atoms with Gasteiger partial charge >= 0.3 is 0 Å². The van der Waals surface area contributed by atoms with E-state index in [0.29, 0.717) is 41.9 Å². The van der Waals surface area contributed by atoms with Crippen molar-refractivity contribution in [1.29, 1.82) is 0 Å². The molecule has 2 N–H and O–H groups in total. The van der Waals surface area contributed by atoms with Gasteiger partial charge in [0, 0.05) is 12.1 Å². The molecule has 0 spiro atoms. The third-order valence-electron chi connectivity index (χ3n) is 5.44. The van der Waals surface area contributed by atoms with Gasteiger partial charge in [0.1, 0.15) is 16.6 Å². The van der Waals surface area contributed by atoms with Crippen molar-refractivity contribution in [3.63, 3.8) is 0 Å². The average molecular weight is 488 g/mol. The van der Waals surface area contributed by atoms with Crippen LogP contribution in [-0.2, 0) is 13.0 Å². The van der Waals surface area contributed by atoms with Crippen molar-refractivity contribution in [2.45, 2.75) is 26.0 Å². The van der Waals surface area contributed by atoms with Crippen LogP contribution in [0.2, 0.25) is 5.02 Å². The molecule has 0 unspecified atom stereocenters. The van der Waals surface area contributed by atoms with E-state index >= 15 is 0 Å². The summed E-state index contributed by atoms with van der Waals surface area (Å²) < 4.78 is 17.2. The van der Waals surface area contributed by atoms with Crippen molar-refractivity contribution in [2.75, 3.05) is 34.4 Å². The Morgan fingerprint density at radius 3 is 2.41 bits per heavy atom. The Balaban J connectivity index is 1.66. The van der Waals surface area contributed by atoms with Crippen molar-refractivity contribution in [2.24, 2.45) is 0 Å². The van der Waals surface area contributed by atoms with Crippen LogP contribution in [0.25, 0.3) is 11.4 Å². The Labute approximate surface area is 204 Å². The number of halogens is 1. The molecule has 0 amide bonds. The lowest BCUT2D eigenvalue weighted by atomic mass is 10.1. The number of aliphatic hydroxyl groups is 1. The largest absolute Gasteiger partial charge is 0.497 e. The molecule has 182 valence electrons. The van der Waals surface area contributed by atoms with E-state index in [1.54, 1.807) is 40.4 Å². The average Bonchev–Trinajstić information content (AvgIpc) is 2.86. The van der Waals surface area contributed by atoms with Gasteiger partial charge in [-0.1, -0.05) is 17.7 Å². The minimum atomic E-state index is -0.819. The molecule has 0 saturated heterocycles. The molecule has 8 nitrogen and oxygen atoms in total. The molecule has 1 heterocycles. The number of methoxy groups -OCH3 is 3. The lowest BCUT2D eigenvalue weighted by Crippen LogP contribution is -2.36. The van der Waals surface area contributed by atoms with E-state index in [9.17, 15) is 9.90 Å². The summed E-state index contributed by atoms with van der Waals surface area (Å²) in [5, 5.41) is 13.9. The molecule has 34 heavy (non-hydrogen) atoms. The van der Waals surface area contributed by atoms with E-state index in [1.165, 1.54) is 4.57 Å². The van der Waals surface area contributed by atoms with Crippen LogP contribution in [0.4, 0.5) is 0 Å². The Morgan fingerprint density at radius 2 is 1.76 bits per heavy atom. The fourth-order valence-corrected chi connectivity index (χ4v) is 3.72. The van der Waals surface area contributed by atoms with Crippen LogP contribution in [0.1, 0.15) is 11.3 Å². The maximum absolute atomic E-state index is 12.9. The van der Waals surface area contributed by atoms with E-state index in [0.717, 1.165) is 17.5 Å². The molecule has 0 fully saturated rings. The maximum atomic E-state index is 12.9. The van der Waals surface area contributed by atoms with Gasteiger partial charge in [0.25, 0.3) is 5.56 Å². The van der Waals surface area contributed by atoms with Gasteiger partial charge < -0.3 is 24.6 Å².